The molecule has 0 aromatic rings. The van der Waals surface area contributed by atoms with E-state index in [-0.39, 0.29) is 12.0 Å². The normalized spacial score (nSPS) is 28.4. The lowest BCUT2D eigenvalue weighted by molar-refractivity contribution is -0.134. The van der Waals surface area contributed by atoms with Crippen LogP contribution in [0.3, 0.4) is 0 Å². The number of amides is 1. The number of piperidine rings is 2. The first kappa shape index (κ1) is 12.8. The molecule has 1 unspecified atom stereocenters. The summed E-state index contributed by atoms with van der Waals surface area (Å²) in [6.45, 7) is 6.40. The number of carbonyl (C=O) groups is 1. The Bertz CT molecular complexity index is 262. The van der Waals surface area contributed by atoms with Crippen molar-refractivity contribution in [2.75, 3.05) is 32.7 Å². The topological polar surface area (TPSA) is 43.8 Å². The van der Waals surface area contributed by atoms with Crippen LogP contribution in [0.2, 0.25) is 0 Å². The summed E-state index contributed by atoms with van der Waals surface area (Å²) in [4.78, 5) is 16.3. The predicted octanol–water partition coefficient (Wildman–Crippen LogP) is 0.702. The van der Waals surface area contributed by atoms with Crippen LogP contribution in [0.5, 0.6) is 0 Å². The van der Waals surface area contributed by atoms with E-state index in [4.69, 9.17) is 0 Å². The maximum Gasteiger partial charge on any atom is 0.236 e. The molecule has 2 fully saturated rings. The molecule has 0 saturated carbocycles. The molecule has 2 heterocycles. The van der Waals surface area contributed by atoms with E-state index in [1.54, 1.807) is 0 Å². The third-order valence-electron chi connectivity index (χ3n) is 3.92. The van der Waals surface area contributed by atoms with Gasteiger partial charge in [-0.15, -0.1) is 0 Å². The van der Waals surface area contributed by atoms with Gasteiger partial charge in [-0.2, -0.15) is 0 Å². The molecular formula is C13H24N2O2. The van der Waals surface area contributed by atoms with Crippen LogP contribution in [0.4, 0.5) is 0 Å². The third kappa shape index (κ3) is 3.68. The fourth-order valence-corrected chi connectivity index (χ4v) is 2.84. The van der Waals surface area contributed by atoms with Crippen molar-refractivity contribution >= 4 is 5.91 Å². The Labute approximate surface area is 104 Å². The summed E-state index contributed by atoms with van der Waals surface area (Å²) in [5.41, 5.74) is 0. The van der Waals surface area contributed by atoms with Crippen molar-refractivity contribution in [3.63, 3.8) is 0 Å². The Kier molecular flexibility index (Phi) is 4.40. The minimum absolute atomic E-state index is 0.200. The Balaban J connectivity index is 1.76. The quantitative estimate of drug-likeness (QED) is 0.773. The number of hydrogen-bond donors (Lipinski definition) is 1. The van der Waals surface area contributed by atoms with E-state index in [2.05, 4.69) is 11.8 Å². The summed E-state index contributed by atoms with van der Waals surface area (Å²) in [6.07, 6.45) is 3.78. The van der Waals surface area contributed by atoms with Gasteiger partial charge in [-0.1, -0.05) is 6.92 Å². The van der Waals surface area contributed by atoms with Gasteiger partial charge in [-0.05, 0) is 38.1 Å². The summed E-state index contributed by atoms with van der Waals surface area (Å²) in [5.74, 6) is 0.964. The maximum absolute atomic E-state index is 12.1. The number of aliphatic hydroxyl groups is 1. The van der Waals surface area contributed by atoms with Crippen molar-refractivity contribution in [3.8, 4) is 0 Å². The van der Waals surface area contributed by atoms with Crippen LogP contribution in [-0.4, -0.2) is 59.6 Å². The van der Waals surface area contributed by atoms with Crippen molar-refractivity contribution in [1.29, 1.82) is 0 Å². The van der Waals surface area contributed by atoms with Crippen LogP contribution in [-0.2, 0) is 4.79 Å². The smallest absolute Gasteiger partial charge is 0.236 e. The van der Waals surface area contributed by atoms with Gasteiger partial charge >= 0.3 is 0 Å². The van der Waals surface area contributed by atoms with Gasteiger partial charge in [0, 0.05) is 19.6 Å². The van der Waals surface area contributed by atoms with E-state index < -0.39 is 0 Å². The molecule has 0 aromatic carbocycles. The Hall–Kier alpha value is -0.610. The van der Waals surface area contributed by atoms with E-state index in [0.29, 0.717) is 6.54 Å². The zero-order valence-corrected chi connectivity index (χ0v) is 10.8. The fourth-order valence-electron chi connectivity index (χ4n) is 2.84. The van der Waals surface area contributed by atoms with Gasteiger partial charge in [0.15, 0.2) is 0 Å². The van der Waals surface area contributed by atoms with E-state index >= 15 is 0 Å². The van der Waals surface area contributed by atoms with E-state index in [9.17, 15) is 9.90 Å². The van der Waals surface area contributed by atoms with Crippen LogP contribution < -0.4 is 0 Å². The molecule has 1 amide bonds. The molecule has 2 saturated heterocycles. The molecular weight excluding hydrogens is 216 g/mol. The first-order valence-electron chi connectivity index (χ1n) is 6.83. The molecule has 0 bridgehead atoms. The molecule has 4 heteroatoms. The average molecular weight is 240 g/mol. The lowest BCUT2D eigenvalue weighted by Crippen LogP contribution is -2.47. The molecule has 2 aliphatic rings. The molecule has 2 aliphatic heterocycles. The summed E-state index contributed by atoms with van der Waals surface area (Å²) in [7, 11) is 0. The minimum Gasteiger partial charge on any atom is -0.393 e. The maximum atomic E-state index is 12.1. The summed E-state index contributed by atoms with van der Waals surface area (Å²) < 4.78 is 0. The van der Waals surface area contributed by atoms with Gasteiger partial charge in [0.1, 0.15) is 0 Å². The molecule has 0 radical (unpaired) electrons. The van der Waals surface area contributed by atoms with Crippen LogP contribution in [0.25, 0.3) is 0 Å². The lowest BCUT2D eigenvalue weighted by Gasteiger charge is -2.34. The van der Waals surface area contributed by atoms with Crippen LogP contribution in [0.1, 0.15) is 32.6 Å². The zero-order chi connectivity index (χ0) is 12.3. The number of rotatable bonds is 2. The van der Waals surface area contributed by atoms with Gasteiger partial charge in [0.05, 0.1) is 12.6 Å². The Morgan fingerprint density at radius 1 is 1.24 bits per heavy atom. The fraction of sp³-hybridized carbons (Fsp3) is 0.923. The predicted molar refractivity (Wildman–Crippen MR) is 66.7 cm³/mol. The standard InChI is InChI=1S/C13H24N2O2/c1-11-3-2-6-14(9-11)10-13(17)15-7-4-12(16)5-8-15/h11-12,16H,2-10H2,1H3. The van der Waals surface area contributed by atoms with E-state index in [1.807, 2.05) is 4.90 Å². The van der Waals surface area contributed by atoms with E-state index in [1.165, 1.54) is 12.8 Å². The molecule has 2 rings (SSSR count). The SMILES string of the molecule is CC1CCCN(CC(=O)N2CCC(O)CC2)C1. The van der Waals surface area contributed by atoms with Crippen LogP contribution in [0.15, 0.2) is 0 Å². The van der Waals surface area contributed by atoms with Gasteiger partial charge in [0.2, 0.25) is 5.91 Å². The van der Waals surface area contributed by atoms with Gasteiger partial charge in [-0.3, -0.25) is 9.69 Å². The molecule has 0 aliphatic carbocycles. The number of nitrogens with zero attached hydrogens (tertiary/aromatic N) is 2. The van der Waals surface area contributed by atoms with Crippen molar-refractivity contribution in [1.82, 2.24) is 9.80 Å². The van der Waals surface area contributed by atoms with Gasteiger partial charge in [-0.25, -0.2) is 0 Å². The second kappa shape index (κ2) is 5.83. The number of aliphatic hydroxyl groups excluding tert-OH is 1. The highest BCUT2D eigenvalue weighted by Crippen LogP contribution is 2.16. The summed E-state index contributed by atoms with van der Waals surface area (Å²) in [6, 6.07) is 0. The van der Waals surface area contributed by atoms with Crippen molar-refractivity contribution < 1.29 is 9.90 Å². The zero-order valence-electron chi connectivity index (χ0n) is 10.8. The van der Waals surface area contributed by atoms with Crippen LogP contribution in [0, 0.1) is 5.92 Å². The number of carbonyl (C=O) groups excluding carboxylic acids is 1. The molecule has 0 spiro atoms. The van der Waals surface area contributed by atoms with Crippen molar-refractivity contribution in [3.05, 3.63) is 0 Å². The second-order valence-electron chi connectivity index (χ2n) is 5.59. The summed E-state index contributed by atoms with van der Waals surface area (Å²) >= 11 is 0. The highest BCUT2D eigenvalue weighted by Gasteiger charge is 2.24. The Morgan fingerprint density at radius 3 is 2.59 bits per heavy atom. The molecule has 4 nitrogen and oxygen atoms in total. The molecule has 1 atom stereocenters. The van der Waals surface area contributed by atoms with Gasteiger partial charge in [0.25, 0.3) is 0 Å². The minimum atomic E-state index is -0.200. The molecule has 1 N–H and O–H groups in total. The van der Waals surface area contributed by atoms with E-state index in [0.717, 1.165) is 44.9 Å². The molecule has 98 valence electrons. The molecule has 0 aromatic heterocycles. The van der Waals surface area contributed by atoms with Crippen molar-refractivity contribution in [2.45, 2.75) is 38.7 Å². The third-order valence-corrected chi connectivity index (χ3v) is 3.92. The monoisotopic (exact) mass is 240 g/mol. The van der Waals surface area contributed by atoms with Gasteiger partial charge < -0.3 is 10.0 Å². The lowest BCUT2D eigenvalue weighted by atomic mass is 10.0. The highest BCUT2D eigenvalue weighted by atomic mass is 16.3. The highest BCUT2D eigenvalue weighted by molar-refractivity contribution is 5.78. The largest absolute Gasteiger partial charge is 0.393 e. The average Bonchev–Trinajstić information content (AvgIpc) is 2.29. The number of hydrogen-bond acceptors (Lipinski definition) is 3. The van der Waals surface area contributed by atoms with Crippen molar-refractivity contribution in [2.24, 2.45) is 5.92 Å². The molecule has 17 heavy (non-hydrogen) atoms. The first-order valence-corrected chi connectivity index (χ1v) is 6.83. The summed E-state index contributed by atoms with van der Waals surface area (Å²) in [5, 5.41) is 9.42. The Morgan fingerprint density at radius 2 is 1.94 bits per heavy atom. The second-order valence-corrected chi connectivity index (χ2v) is 5.59. The number of likely N-dealkylation sites (tertiary alicyclic amines) is 2. The first-order chi connectivity index (χ1) is 8.15. The van der Waals surface area contributed by atoms with Crippen LogP contribution >= 0.6 is 0 Å².